The maximum Gasteiger partial charge on any atom is 0.331 e. The molecule has 0 spiro atoms. The molecule has 0 fully saturated rings. The number of hydrogen-bond donors (Lipinski definition) is 0. The summed E-state index contributed by atoms with van der Waals surface area (Å²) in [6.45, 7) is 2.13. The Labute approximate surface area is 184 Å². The van der Waals surface area contributed by atoms with Crippen LogP contribution in [-0.4, -0.2) is 36.4 Å². The van der Waals surface area contributed by atoms with Crippen molar-refractivity contribution in [3.05, 3.63) is 60.0 Å². The second kappa shape index (κ2) is 11.2. The summed E-state index contributed by atoms with van der Waals surface area (Å²) < 4.78 is 26.4. The highest BCUT2D eigenvalue weighted by molar-refractivity contribution is 5.87. The zero-order valence-electron chi connectivity index (χ0n) is 17.6. The molecule has 9 heteroatoms. The molecule has 164 valence electrons. The summed E-state index contributed by atoms with van der Waals surface area (Å²) in [5.74, 6) is 1.45. The molecule has 9 nitrogen and oxygen atoms in total. The van der Waals surface area contributed by atoms with Crippen molar-refractivity contribution in [1.29, 1.82) is 5.26 Å². The Morgan fingerprint density at radius 2 is 2.00 bits per heavy atom. The smallest absolute Gasteiger partial charge is 0.331 e. The monoisotopic (exact) mass is 435 g/mol. The van der Waals surface area contributed by atoms with Gasteiger partial charge in [0.1, 0.15) is 11.8 Å². The van der Waals surface area contributed by atoms with Gasteiger partial charge in [0, 0.05) is 6.08 Å². The number of methoxy groups -OCH3 is 1. The lowest BCUT2D eigenvalue weighted by molar-refractivity contribution is -0.139. The summed E-state index contributed by atoms with van der Waals surface area (Å²) in [5.41, 5.74) is 1.38. The second-order valence-corrected chi connectivity index (χ2v) is 6.24. The molecule has 1 heterocycles. The van der Waals surface area contributed by atoms with Crippen LogP contribution >= 0.6 is 0 Å². The van der Waals surface area contributed by atoms with Crippen LogP contribution in [0.2, 0.25) is 0 Å². The molecule has 1 aromatic heterocycles. The van der Waals surface area contributed by atoms with Crippen molar-refractivity contribution in [2.75, 3.05) is 20.3 Å². The van der Waals surface area contributed by atoms with Gasteiger partial charge in [0.25, 0.3) is 5.89 Å². The summed E-state index contributed by atoms with van der Waals surface area (Å²) in [5, 5.41) is 12.5. The molecule has 0 aliphatic carbocycles. The normalized spacial score (nSPS) is 10.5. The molecule has 0 atom stereocenters. The molecule has 32 heavy (non-hydrogen) atoms. The summed E-state index contributed by atoms with van der Waals surface area (Å²) in [6, 6.07) is 14.3. The molecule has 0 bridgehead atoms. The van der Waals surface area contributed by atoms with Crippen molar-refractivity contribution in [1.82, 2.24) is 10.1 Å². The van der Waals surface area contributed by atoms with E-state index in [1.54, 1.807) is 24.3 Å². The largest absolute Gasteiger partial charge is 0.493 e. The Kier molecular flexibility index (Phi) is 7.81. The van der Waals surface area contributed by atoms with Crippen LogP contribution in [0.1, 0.15) is 18.4 Å². The molecule has 0 N–H and O–H groups in total. The lowest BCUT2D eigenvalue weighted by atomic mass is 10.2. The molecular weight excluding hydrogens is 414 g/mol. The highest BCUT2D eigenvalue weighted by Crippen LogP contribution is 2.29. The molecular formula is C23H21N3O6. The van der Waals surface area contributed by atoms with E-state index in [2.05, 4.69) is 10.1 Å². The number of benzene rings is 2. The molecule has 3 aromatic rings. The van der Waals surface area contributed by atoms with Gasteiger partial charge in [-0.1, -0.05) is 23.4 Å². The topological polar surface area (TPSA) is 117 Å². The average molecular weight is 435 g/mol. The third-order valence-corrected chi connectivity index (χ3v) is 4.13. The van der Waals surface area contributed by atoms with Crippen LogP contribution in [0.15, 0.2) is 53.1 Å². The Morgan fingerprint density at radius 3 is 2.78 bits per heavy atom. The first-order chi connectivity index (χ1) is 15.6. The van der Waals surface area contributed by atoms with E-state index < -0.39 is 5.97 Å². The van der Waals surface area contributed by atoms with Gasteiger partial charge in [-0.15, -0.1) is 0 Å². The second-order valence-electron chi connectivity index (χ2n) is 6.24. The number of esters is 1. The number of aromatic nitrogens is 2. The lowest BCUT2D eigenvalue weighted by Crippen LogP contribution is -2.01. The maximum absolute atomic E-state index is 12.1. The van der Waals surface area contributed by atoms with E-state index >= 15 is 0 Å². The molecule has 2 aromatic carbocycles. The quantitative estimate of drug-likeness (QED) is 0.346. The van der Waals surface area contributed by atoms with E-state index in [1.807, 2.05) is 37.3 Å². The van der Waals surface area contributed by atoms with Gasteiger partial charge in [-0.05, 0) is 42.8 Å². The van der Waals surface area contributed by atoms with Gasteiger partial charge >= 0.3 is 5.97 Å². The first-order valence-electron chi connectivity index (χ1n) is 9.72. The van der Waals surface area contributed by atoms with Crippen LogP contribution < -0.4 is 14.2 Å². The Hall–Kier alpha value is -4.32. The summed E-state index contributed by atoms with van der Waals surface area (Å²) >= 11 is 0. The fourth-order valence-electron chi connectivity index (χ4n) is 2.72. The minimum Gasteiger partial charge on any atom is -0.493 e. The minimum atomic E-state index is -0.580. The highest BCUT2D eigenvalue weighted by atomic mass is 16.6. The molecule has 0 radical (unpaired) electrons. The van der Waals surface area contributed by atoms with Crippen LogP contribution in [-0.2, 0) is 16.1 Å². The van der Waals surface area contributed by atoms with Crippen molar-refractivity contribution < 1.29 is 28.3 Å². The van der Waals surface area contributed by atoms with Crippen molar-refractivity contribution in [3.63, 3.8) is 0 Å². The fraction of sp³-hybridized carbons (Fsp3) is 0.217. The minimum absolute atomic E-state index is 0.0908. The van der Waals surface area contributed by atoms with Crippen LogP contribution in [0, 0.1) is 11.3 Å². The Morgan fingerprint density at radius 1 is 1.16 bits per heavy atom. The molecule has 0 aliphatic rings. The molecule has 3 rings (SSSR count). The van der Waals surface area contributed by atoms with Gasteiger partial charge in [0.15, 0.2) is 24.7 Å². The molecule has 0 saturated carbocycles. The van der Waals surface area contributed by atoms with E-state index in [4.69, 9.17) is 28.7 Å². The number of carbonyl (C=O) groups excluding carboxylic acids is 1. The van der Waals surface area contributed by atoms with E-state index in [1.165, 1.54) is 13.2 Å². The zero-order valence-corrected chi connectivity index (χ0v) is 17.6. The number of ether oxygens (including phenoxy) is 4. The Bertz CT molecular complexity index is 1130. The van der Waals surface area contributed by atoms with Crippen molar-refractivity contribution in [2.24, 2.45) is 0 Å². The number of para-hydroxylation sites is 1. The maximum atomic E-state index is 12.1. The predicted octanol–water partition coefficient (Wildman–Crippen LogP) is 3.80. The van der Waals surface area contributed by atoms with Crippen LogP contribution in [0.4, 0.5) is 0 Å². The van der Waals surface area contributed by atoms with E-state index in [9.17, 15) is 4.79 Å². The number of rotatable bonds is 10. The number of nitriles is 1. The van der Waals surface area contributed by atoms with Gasteiger partial charge in [-0.25, -0.2) is 4.79 Å². The van der Waals surface area contributed by atoms with Gasteiger partial charge in [-0.3, -0.25) is 0 Å². The van der Waals surface area contributed by atoms with E-state index in [0.29, 0.717) is 40.8 Å². The highest BCUT2D eigenvalue weighted by Gasteiger charge is 2.14. The molecule has 0 unspecified atom stereocenters. The van der Waals surface area contributed by atoms with Crippen molar-refractivity contribution in [2.45, 2.75) is 13.5 Å². The fourth-order valence-corrected chi connectivity index (χ4v) is 2.72. The van der Waals surface area contributed by atoms with Gasteiger partial charge in [-0.2, -0.15) is 10.2 Å². The molecule has 0 amide bonds. The third-order valence-electron chi connectivity index (χ3n) is 4.13. The first-order valence-corrected chi connectivity index (χ1v) is 9.72. The van der Waals surface area contributed by atoms with Crippen LogP contribution in [0.25, 0.3) is 17.5 Å². The zero-order chi connectivity index (χ0) is 22.8. The molecule has 0 aliphatic heterocycles. The molecule has 0 saturated heterocycles. The summed E-state index contributed by atoms with van der Waals surface area (Å²) in [7, 11) is 1.49. The number of nitrogens with zero attached hydrogens (tertiary/aromatic N) is 3. The number of carbonyl (C=O) groups is 1. The van der Waals surface area contributed by atoms with E-state index in [0.717, 1.165) is 0 Å². The van der Waals surface area contributed by atoms with E-state index in [-0.39, 0.29) is 19.1 Å². The van der Waals surface area contributed by atoms with Gasteiger partial charge < -0.3 is 23.5 Å². The van der Waals surface area contributed by atoms with Crippen molar-refractivity contribution in [3.8, 4) is 34.7 Å². The van der Waals surface area contributed by atoms with Gasteiger partial charge in [0.05, 0.1) is 19.3 Å². The predicted molar refractivity (Wildman–Crippen MR) is 114 cm³/mol. The average Bonchev–Trinajstić information content (AvgIpc) is 3.29. The standard InChI is InChI=1S/C23H21N3O6/c1-3-29-18-7-5-4-6-17(18)23-25-21(32-26-23)15-31-22(27)11-9-16-8-10-19(30-13-12-24)20(14-16)28-2/h4-11,14H,3,13,15H2,1-2H3/b11-9+. The summed E-state index contributed by atoms with van der Waals surface area (Å²) in [4.78, 5) is 16.3. The van der Waals surface area contributed by atoms with Crippen LogP contribution in [0.3, 0.4) is 0 Å². The number of hydrogen-bond acceptors (Lipinski definition) is 9. The van der Waals surface area contributed by atoms with Gasteiger partial charge in [0.2, 0.25) is 5.82 Å². The SMILES string of the molecule is CCOc1ccccc1-c1noc(COC(=O)/C=C/c2ccc(OCC#N)c(OC)c2)n1. The van der Waals surface area contributed by atoms with Crippen LogP contribution in [0.5, 0.6) is 17.2 Å². The van der Waals surface area contributed by atoms with Crippen molar-refractivity contribution >= 4 is 12.0 Å². The third kappa shape index (κ3) is 5.86. The lowest BCUT2D eigenvalue weighted by Gasteiger charge is -2.08. The summed E-state index contributed by atoms with van der Waals surface area (Å²) in [6.07, 6.45) is 2.84. The Balaban J connectivity index is 1.59. The first kappa shape index (κ1) is 22.4.